The molecule has 15 heavy (non-hydrogen) atoms. The van der Waals surface area contributed by atoms with E-state index in [1.165, 1.54) is 6.07 Å². The molecule has 4 heteroatoms. The van der Waals surface area contributed by atoms with Crippen molar-refractivity contribution >= 4 is 5.69 Å². The average molecular weight is 210 g/mol. The van der Waals surface area contributed by atoms with Crippen molar-refractivity contribution in [3.63, 3.8) is 0 Å². The summed E-state index contributed by atoms with van der Waals surface area (Å²) in [6, 6.07) is 3.15. The van der Waals surface area contributed by atoms with Gasteiger partial charge >= 0.3 is 0 Å². The van der Waals surface area contributed by atoms with E-state index < -0.39 is 5.95 Å². The molecule has 1 aliphatic heterocycles. The monoisotopic (exact) mass is 210 g/mol. The van der Waals surface area contributed by atoms with Gasteiger partial charge in [0.1, 0.15) is 0 Å². The zero-order valence-electron chi connectivity index (χ0n) is 8.98. The Morgan fingerprint density at radius 3 is 2.53 bits per heavy atom. The Labute approximate surface area is 88.9 Å². The predicted molar refractivity (Wildman–Crippen MR) is 56.4 cm³/mol. The number of hydrogen-bond donors (Lipinski definition) is 0. The van der Waals surface area contributed by atoms with E-state index in [2.05, 4.69) is 9.88 Å². The van der Waals surface area contributed by atoms with E-state index in [1.54, 1.807) is 12.3 Å². The lowest BCUT2D eigenvalue weighted by Gasteiger charge is -2.36. The standard InChI is InChI=1S/C11H15FN2O/c1-8-6-14(7-9(2)15-8)10-3-4-11(12)13-5-10/h3-5,8-9H,6-7H2,1-2H3. The van der Waals surface area contributed by atoms with Crippen LogP contribution in [0.3, 0.4) is 0 Å². The number of halogens is 1. The van der Waals surface area contributed by atoms with E-state index in [9.17, 15) is 4.39 Å². The summed E-state index contributed by atoms with van der Waals surface area (Å²) in [5, 5.41) is 0. The molecular formula is C11H15FN2O. The maximum atomic E-state index is 12.7. The van der Waals surface area contributed by atoms with Crippen LogP contribution in [0.1, 0.15) is 13.8 Å². The van der Waals surface area contributed by atoms with Crippen LogP contribution < -0.4 is 4.90 Å². The van der Waals surface area contributed by atoms with Crippen molar-refractivity contribution in [1.29, 1.82) is 0 Å². The minimum absolute atomic E-state index is 0.207. The molecule has 0 aliphatic carbocycles. The van der Waals surface area contributed by atoms with Crippen molar-refractivity contribution in [3.8, 4) is 0 Å². The minimum atomic E-state index is -0.437. The molecule has 0 spiro atoms. The Balaban J connectivity index is 2.12. The first-order valence-electron chi connectivity index (χ1n) is 5.17. The maximum Gasteiger partial charge on any atom is 0.212 e. The van der Waals surface area contributed by atoms with E-state index in [0.29, 0.717) is 0 Å². The summed E-state index contributed by atoms with van der Waals surface area (Å²) in [4.78, 5) is 5.83. The van der Waals surface area contributed by atoms with Crippen molar-refractivity contribution < 1.29 is 9.13 Å². The smallest absolute Gasteiger partial charge is 0.212 e. The van der Waals surface area contributed by atoms with Gasteiger partial charge in [-0.2, -0.15) is 4.39 Å². The van der Waals surface area contributed by atoms with Crippen molar-refractivity contribution in [2.75, 3.05) is 18.0 Å². The fraction of sp³-hybridized carbons (Fsp3) is 0.545. The van der Waals surface area contributed by atoms with Gasteiger partial charge in [0.15, 0.2) is 0 Å². The van der Waals surface area contributed by atoms with Crippen LogP contribution in [-0.4, -0.2) is 30.3 Å². The molecule has 0 aromatic carbocycles. The molecule has 3 nitrogen and oxygen atoms in total. The number of aromatic nitrogens is 1. The van der Waals surface area contributed by atoms with Gasteiger partial charge in [-0.15, -0.1) is 0 Å². The van der Waals surface area contributed by atoms with Gasteiger partial charge in [-0.25, -0.2) is 4.98 Å². The van der Waals surface area contributed by atoms with Gasteiger partial charge in [0.2, 0.25) is 5.95 Å². The Kier molecular flexibility index (Phi) is 2.86. The summed E-state index contributed by atoms with van der Waals surface area (Å²) < 4.78 is 18.3. The highest BCUT2D eigenvalue weighted by atomic mass is 19.1. The fourth-order valence-corrected chi connectivity index (χ4v) is 1.94. The van der Waals surface area contributed by atoms with Gasteiger partial charge in [0, 0.05) is 13.1 Å². The molecule has 0 amide bonds. The maximum absolute atomic E-state index is 12.7. The van der Waals surface area contributed by atoms with Crippen LogP contribution in [-0.2, 0) is 4.74 Å². The number of morpholine rings is 1. The number of nitrogens with zero attached hydrogens (tertiary/aromatic N) is 2. The van der Waals surface area contributed by atoms with E-state index in [4.69, 9.17) is 4.74 Å². The van der Waals surface area contributed by atoms with Gasteiger partial charge in [0.05, 0.1) is 24.1 Å². The summed E-state index contributed by atoms with van der Waals surface area (Å²) in [7, 11) is 0. The lowest BCUT2D eigenvalue weighted by Crippen LogP contribution is -2.45. The lowest BCUT2D eigenvalue weighted by atomic mass is 10.2. The zero-order chi connectivity index (χ0) is 10.8. The first-order chi connectivity index (χ1) is 7.15. The molecule has 2 atom stereocenters. The molecule has 1 aromatic heterocycles. The number of pyridine rings is 1. The van der Waals surface area contributed by atoms with Crippen molar-refractivity contribution in [3.05, 3.63) is 24.3 Å². The third-order valence-electron chi connectivity index (χ3n) is 2.50. The van der Waals surface area contributed by atoms with Crippen LogP contribution in [0.2, 0.25) is 0 Å². The molecule has 0 saturated carbocycles. The number of anilines is 1. The summed E-state index contributed by atoms with van der Waals surface area (Å²) in [5.41, 5.74) is 0.957. The molecule has 2 rings (SSSR count). The second kappa shape index (κ2) is 4.14. The number of hydrogen-bond acceptors (Lipinski definition) is 3. The molecule has 0 bridgehead atoms. The Morgan fingerprint density at radius 2 is 2.00 bits per heavy atom. The third-order valence-corrected chi connectivity index (χ3v) is 2.50. The van der Waals surface area contributed by atoms with Crippen LogP contribution >= 0.6 is 0 Å². The first-order valence-corrected chi connectivity index (χ1v) is 5.17. The van der Waals surface area contributed by atoms with Crippen LogP contribution in [0, 0.1) is 5.95 Å². The molecule has 0 radical (unpaired) electrons. The normalized spacial score (nSPS) is 26.7. The van der Waals surface area contributed by atoms with E-state index in [1.807, 2.05) is 13.8 Å². The predicted octanol–water partition coefficient (Wildman–Crippen LogP) is 1.83. The van der Waals surface area contributed by atoms with Gasteiger partial charge < -0.3 is 9.64 Å². The Morgan fingerprint density at radius 1 is 1.33 bits per heavy atom. The molecule has 1 aromatic rings. The van der Waals surface area contributed by atoms with Crippen molar-refractivity contribution in [1.82, 2.24) is 4.98 Å². The highest BCUT2D eigenvalue weighted by molar-refractivity contribution is 5.44. The number of ether oxygens (including phenoxy) is 1. The lowest BCUT2D eigenvalue weighted by molar-refractivity contribution is -0.00523. The highest BCUT2D eigenvalue weighted by Gasteiger charge is 2.22. The summed E-state index contributed by atoms with van der Waals surface area (Å²) in [6.45, 7) is 5.74. The summed E-state index contributed by atoms with van der Waals surface area (Å²) in [5.74, 6) is -0.437. The Bertz CT molecular complexity index is 318. The summed E-state index contributed by atoms with van der Waals surface area (Å²) in [6.07, 6.45) is 1.98. The fourth-order valence-electron chi connectivity index (χ4n) is 1.94. The Hall–Kier alpha value is -1.16. The SMILES string of the molecule is CC1CN(c2ccc(F)nc2)CC(C)O1. The van der Waals surface area contributed by atoms with E-state index in [-0.39, 0.29) is 12.2 Å². The summed E-state index contributed by atoms with van der Waals surface area (Å²) >= 11 is 0. The molecular weight excluding hydrogens is 195 g/mol. The molecule has 2 unspecified atom stereocenters. The van der Waals surface area contributed by atoms with Crippen molar-refractivity contribution in [2.45, 2.75) is 26.1 Å². The van der Waals surface area contributed by atoms with Gasteiger partial charge in [-0.1, -0.05) is 0 Å². The molecule has 0 N–H and O–H groups in total. The second-order valence-corrected chi connectivity index (χ2v) is 4.00. The molecule has 82 valence electrons. The van der Waals surface area contributed by atoms with Crippen LogP contribution in [0.25, 0.3) is 0 Å². The van der Waals surface area contributed by atoms with Gasteiger partial charge in [-0.3, -0.25) is 0 Å². The van der Waals surface area contributed by atoms with Crippen LogP contribution in [0.5, 0.6) is 0 Å². The van der Waals surface area contributed by atoms with E-state index in [0.717, 1.165) is 18.8 Å². The molecule has 1 aliphatic rings. The van der Waals surface area contributed by atoms with Crippen molar-refractivity contribution in [2.24, 2.45) is 0 Å². The molecule has 1 saturated heterocycles. The third kappa shape index (κ3) is 2.45. The largest absolute Gasteiger partial charge is 0.372 e. The van der Waals surface area contributed by atoms with Crippen LogP contribution in [0.4, 0.5) is 10.1 Å². The van der Waals surface area contributed by atoms with E-state index >= 15 is 0 Å². The minimum Gasteiger partial charge on any atom is -0.372 e. The molecule has 2 heterocycles. The average Bonchev–Trinajstić information content (AvgIpc) is 2.17. The topological polar surface area (TPSA) is 25.4 Å². The quantitative estimate of drug-likeness (QED) is 0.661. The first kappa shape index (κ1) is 10.4. The second-order valence-electron chi connectivity index (χ2n) is 4.00. The molecule has 1 fully saturated rings. The van der Waals surface area contributed by atoms with Gasteiger partial charge in [0.25, 0.3) is 0 Å². The van der Waals surface area contributed by atoms with Gasteiger partial charge in [-0.05, 0) is 26.0 Å². The zero-order valence-corrected chi connectivity index (χ0v) is 8.98. The highest BCUT2D eigenvalue weighted by Crippen LogP contribution is 2.19. The number of rotatable bonds is 1. The van der Waals surface area contributed by atoms with Crippen LogP contribution in [0.15, 0.2) is 18.3 Å².